The van der Waals surface area contributed by atoms with Gasteiger partial charge in [-0.25, -0.2) is 0 Å². The Bertz CT molecular complexity index is 454. The van der Waals surface area contributed by atoms with E-state index in [0.717, 1.165) is 6.42 Å². The average molecular weight is 276 g/mol. The van der Waals surface area contributed by atoms with Crippen LogP contribution in [0.1, 0.15) is 49.9 Å². The molecule has 1 amide bonds. The molecule has 0 heterocycles. The fourth-order valence-corrected chi connectivity index (χ4v) is 2.60. The summed E-state index contributed by atoms with van der Waals surface area (Å²) in [7, 11) is 1.69. The number of amides is 1. The highest BCUT2D eigenvalue weighted by Crippen LogP contribution is 2.20. The predicted molar refractivity (Wildman–Crippen MR) is 84.8 cm³/mol. The van der Waals surface area contributed by atoms with E-state index in [9.17, 15) is 4.79 Å². The van der Waals surface area contributed by atoms with Crippen LogP contribution in [-0.4, -0.2) is 19.0 Å². The van der Waals surface area contributed by atoms with Gasteiger partial charge in [0.2, 0.25) is 5.91 Å². The Hall–Kier alpha value is -1.35. The summed E-state index contributed by atoms with van der Waals surface area (Å²) in [5.74, 6) is 0.548. The van der Waals surface area contributed by atoms with Crippen LogP contribution in [0.25, 0.3) is 0 Å². The van der Waals surface area contributed by atoms with Gasteiger partial charge in [0.15, 0.2) is 0 Å². The molecular weight excluding hydrogens is 248 g/mol. The molecule has 0 saturated carbocycles. The number of benzene rings is 1. The number of carbonyl (C=O) groups excluding carboxylic acids is 1. The summed E-state index contributed by atoms with van der Waals surface area (Å²) in [6, 6.07) is 6.48. The quantitative estimate of drug-likeness (QED) is 0.838. The van der Waals surface area contributed by atoms with Crippen molar-refractivity contribution < 1.29 is 4.79 Å². The zero-order chi connectivity index (χ0) is 15.3. The molecule has 0 spiro atoms. The molecule has 0 fully saturated rings. The second kappa shape index (κ2) is 7.44. The van der Waals surface area contributed by atoms with Crippen LogP contribution < -0.4 is 10.6 Å². The minimum Gasteiger partial charge on any atom is -0.358 e. The van der Waals surface area contributed by atoms with E-state index >= 15 is 0 Å². The summed E-state index contributed by atoms with van der Waals surface area (Å²) in [5.41, 5.74) is 3.79. The molecule has 2 N–H and O–H groups in total. The van der Waals surface area contributed by atoms with Gasteiger partial charge in [0.25, 0.3) is 0 Å². The smallest absolute Gasteiger partial charge is 0.236 e. The second-order valence-electron chi connectivity index (χ2n) is 6.04. The first-order valence-corrected chi connectivity index (χ1v) is 7.40. The standard InChI is InChI=1S/C17H28N2O/c1-11(2)9-16(17(20)18-6)19-14(5)15-8-7-12(3)10-13(15)4/h7-8,10-11,14,16,19H,9H2,1-6H3,(H,18,20). The highest BCUT2D eigenvalue weighted by molar-refractivity contribution is 5.81. The normalized spacial score (nSPS) is 14.2. The monoisotopic (exact) mass is 276 g/mol. The van der Waals surface area contributed by atoms with Crippen molar-refractivity contribution >= 4 is 5.91 Å². The van der Waals surface area contributed by atoms with Gasteiger partial charge in [-0.1, -0.05) is 37.6 Å². The second-order valence-corrected chi connectivity index (χ2v) is 6.04. The van der Waals surface area contributed by atoms with Crippen molar-refractivity contribution in [1.82, 2.24) is 10.6 Å². The molecule has 0 aliphatic heterocycles. The van der Waals surface area contributed by atoms with Gasteiger partial charge in [-0.3, -0.25) is 10.1 Å². The molecule has 2 unspecified atom stereocenters. The van der Waals surface area contributed by atoms with Crippen LogP contribution in [0, 0.1) is 19.8 Å². The minimum atomic E-state index is -0.143. The number of hydrogen-bond acceptors (Lipinski definition) is 2. The van der Waals surface area contributed by atoms with Crippen LogP contribution in [0.15, 0.2) is 18.2 Å². The third kappa shape index (κ3) is 4.64. The Kier molecular flexibility index (Phi) is 6.21. The summed E-state index contributed by atoms with van der Waals surface area (Å²) < 4.78 is 0. The van der Waals surface area contributed by atoms with Crippen LogP contribution in [-0.2, 0) is 4.79 Å². The van der Waals surface area contributed by atoms with E-state index in [1.807, 2.05) is 0 Å². The molecule has 1 aromatic rings. The summed E-state index contributed by atoms with van der Waals surface area (Å²) >= 11 is 0. The maximum Gasteiger partial charge on any atom is 0.236 e. The summed E-state index contributed by atoms with van der Waals surface area (Å²) in [6.45, 7) is 10.6. The van der Waals surface area contributed by atoms with Crippen molar-refractivity contribution in [2.24, 2.45) is 5.92 Å². The third-order valence-corrected chi connectivity index (χ3v) is 3.61. The summed E-state index contributed by atoms with van der Waals surface area (Å²) in [6.07, 6.45) is 0.842. The fourth-order valence-electron chi connectivity index (χ4n) is 2.60. The van der Waals surface area contributed by atoms with Crippen LogP contribution in [0.4, 0.5) is 0 Å². The zero-order valence-corrected chi connectivity index (χ0v) is 13.6. The van der Waals surface area contributed by atoms with Crippen molar-refractivity contribution in [3.05, 3.63) is 34.9 Å². The van der Waals surface area contributed by atoms with Gasteiger partial charge in [0.05, 0.1) is 6.04 Å². The highest BCUT2D eigenvalue weighted by Gasteiger charge is 2.21. The van der Waals surface area contributed by atoms with Gasteiger partial charge in [-0.15, -0.1) is 0 Å². The number of aryl methyl sites for hydroxylation is 2. The molecule has 2 atom stereocenters. The van der Waals surface area contributed by atoms with Gasteiger partial charge in [0, 0.05) is 13.1 Å². The Morgan fingerprint density at radius 3 is 2.35 bits per heavy atom. The van der Waals surface area contributed by atoms with E-state index < -0.39 is 0 Å². The van der Waals surface area contributed by atoms with Gasteiger partial charge in [-0.05, 0) is 44.2 Å². The lowest BCUT2D eigenvalue weighted by molar-refractivity contribution is -0.123. The Balaban J connectivity index is 2.84. The summed E-state index contributed by atoms with van der Waals surface area (Å²) in [4.78, 5) is 12.0. The van der Waals surface area contributed by atoms with E-state index in [1.165, 1.54) is 16.7 Å². The van der Waals surface area contributed by atoms with Crippen molar-refractivity contribution in [2.75, 3.05) is 7.05 Å². The van der Waals surface area contributed by atoms with Crippen LogP contribution in [0.2, 0.25) is 0 Å². The molecule has 0 aliphatic rings. The largest absolute Gasteiger partial charge is 0.358 e. The van der Waals surface area contributed by atoms with Gasteiger partial charge in [-0.2, -0.15) is 0 Å². The molecule has 0 aromatic heterocycles. The number of likely N-dealkylation sites (N-methyl/N-ethyl adjacent to an activating group) is 1. The zero-order valence-electron chi connectivity index (χ0n) is 13.6. The molecule has 0 radical (unpaired) electrons. The lowest BCUT2D eigenvalue weighted by Gasteiger charge is -2.25. The van der Waals surface area contributed by atoms with Crippen LogP contribution in [0.3, 0.4) is 0 Å². The minimum absolute atomic E-state index is 0.0651. The molecule has 20 heavy (non-hydrogen) atoms. The lowest BCUT2D eigenvalue weighted by Crippen LogP contribution is -2.44. The van der Waals surface area contributed by atoms with E-state index in [-0.39, 0.29) is 18.0 Å². The molecule has 0 saturated heterocycles. The molecule has 0 bridgehead atoms. The number of carbonyl (C=O) groups is 1. The van der Waals surface area contributed by atoms with Gasteiger partial charge < -0.3 is 5.32 Å². The Labute approximate surface area is 123 Å². The number of rotatable bonds is 6. The summed E-state index contributed by atoms with van der Waals surface area (Å²) in [5, 5.41) is 6.21. The topological polar surface area (TPSA) is 41.1 Å². The number of nitrogens with one attached hydrogen (secondary N) is 2. The van der Waals surface area contributed by atoms with E-state index in [0.29, 0.717) is 5.92 Å². The SMILES string of the molecule is CNC(=O)C(CC(C)C)NC(C)c1ccc(C)cc1C. The molecule has 3 heteroatoms. The van der Waals surface area contributed by atoms with E-state index in [4.69, 9.17) is 0 Å². The predicted octanol–water partition coefficient (Wildman–Crippen LogP) is 3.11. The molecule has 0 aliphatic carbocycles. The van der Waals surface area contributed by atoms with Crippen molar-refractivity contribution in [3.63, 3.8) is 0 Å². The first kappa shape index (κ1) is 16.7. The Morgan fingerprint density at radius 2 is 1.85 bits per heavy atom. The van der Waals surface area contributed by atoms with Crippen molar-refractivity contribution in [3.8, 4) is 0 Å². The lowest BCUT2D eigenvalue weighted by atomic mass is 9.97. The maximum atomic E-state index is 12.0. The molecule has 1 aromatic carbocycles. The van der Waals surface area contributed by atoms with Gasteiger partial charge in [0.1, 0.15) is 0 Å². The molecule has 112 valence electrons. The van der Waals surface area contributed by atoms with Crippen molar-refractivity contribution in [1.29, 1.82) is 0 Å². The first-order chi connectivity index (χ1) is 9.35. The third-order valence-electron chi connectivity index (χ3n) is 3.61. The van der Waals surface area contributed by atoms with Crippen LogP contribution in [0.5, 0.6) is 0 Å². The van der Waals surface area contributed by atoms with Crippen LogP contribution >= 0.6 is 0 Å². The number of hydrogen-bond donors (Lipinski definition) is 2. The maximum absolute atomic E-state index is 12.0. The Morgan fingerprint density at radius 1 is 1.20 bits per heavy atom. The molecule has 3 nitrogen and oxygen atoms in total. The molecule has 1 rings (SSSR count). The van der Waals surface area contributed by atoms with Crippen molar-refractivity contribution in [2.45, 2.75) is 53.1 Å². The highest BCUT2D eigenvalue weighted by atomic mass is 16.2. The van der Waals surface area contributed by atoms with E-state index in [2.05, 4.69) is 63.5 Å². The fraction of sp³-hybridized carbons (Fsp3) is 0.588. The molecular formula is C17H28N2O. The first-order valence-electron chi connectivity index (χ1n) is 7.40. The average Bonchev–Trinajstić information content (AvgIpc) is 2.36. The van der Waals surface area contributed by atoms with Gasteiger partial charge >= 0.3 is 0 Å². The van der Waals surface area contributed by atoms with E-state index in [1.54, 1.807) is 7.05 Å².